The maximum atomic E-state index is 14.6. The highest BCUT2D eigenvalue weighted by molar-refractivity contribution is 6.12. The SMILES string of the molecule is N#Cc1cc(C(F)(F)F)ccc1-c1cc(-n2c3ccccc3c3ccc(-c4ccc(C(F)(F)F)cc4C(F)(F)F)cc32)c(C#N)cc1-n1c2ccccc2c2ccc(-c3ccc(C(F)(F)F)cc3C(F)(F)F)cc21. The van der Waals surface area contributed by atoms with Gasteiger partial charge in [-0.15, -0.1) is 0 Å². The van der Waals surface area contributed by atoms with Crippen LogP contribution in [0.2, 0.25) is 0 Å². The van der Waals surface area contributed by atoms with Crippen LogP contribution in [0.25, 0.3) is 88.4 Å². The lowest BCUT2D eigenvalue weighted by molar-refractivity contribution is -0.144. The third-order valence-electron chi connectivity index (χ3n) is 12.7. The molecule has 74 heavy (non-hydrogen) atoms. The molecule has 4 nitrogen and oxygen atoms in total. The minimum atomic E-state index is -5.29. The Morgan fingerprint density at radius 3 is 1.12 bits per heavy atom. The van der Waals surface area contributed by atoms with Gasteiger partial charge in [0.05, 0.1) is 78.5 Å². The predicted octanol–water partition coefficient (Wildman–Crippen LogP) is 17.7. The number of aromatic nitrogens is 2. The Morgan fingerprint density at radius 1 is 0.311 bits per heavy atom. The molecule has 8 aromatic carbocycles. The zero-order chi connectivity index (χ0) is 53.0. The van der Waals surface area contributed by atoms with E-state index in [4.69, 9.17) is 0 Å². The van der Waals surface area contributed by atoms with E-state index in [1.165, 1.54) is 57.7 Å². The molecule has 0 spiro atoms. The summed E-state index contributed by atoms with van der Waals surface area (Å²) in [5.74, 6) is 0. The molecule has 0 fully saturated rings. The molecule has 0 saturated carbocycles. The summed E-state index contributed by atoms with van der Waals surface area (Å²) in [6.07, 6.45) is -25.8. The molecule has 0 unspecified atom stereocenters. The Hall–Kier alpha value is -8.71. The van der Waals surface area contributed by atoms with Gasteiger partial charge in [0.2, 0.25) is 0 Å². The minimum absolute atomic E-state index is 0.0128. The van der Waals surface area contributed by atoms with Crippen molar-refractivity contribution in [3.05, 3.63) is 191 Å². The molecule has 370 valence electrons. The Morgan fingerprint density at radius 2 is 0.703 bits per heavy atom. The van der Waals surface area contributed by atoms with Crippen LogP contribution < -0.4 is 0 Å². The smallest absolute Gasteiger partial charge is 0.309 e. The monoisotopic (exact) mass is 1030 g/mol. The van der Waals surface area contributed by atoms with E-state index in [9.17, 15) is 76.4 Å². The van der Waals surface area contributed by atoms with Crippen LogP contribution in [0.4, 0.5) is 65.9 Å². The predicted molar refractivity (Wildman–Crippen MR) is 246 cm³/mol. The fourth-order valence-corrected chi connectivity index (χ4v) is 9.51. The lowest BCUT2D eigenvalue weighted by atomic mass is 9.94. The largest absolute Gasteiger partial charge is 0.417 e. The van der Waals surface area contributed by atoms with E-state index >= 15 is 0 Å². The van der Waals surface area contributed by atoms with Crippen molar-refractivity contribution in [2.24, 2.45) is 0 Å². The highest BCUT2D eigenvalue weighted by atomic mass is 19.4. The summed E-state index contributed by atoms with van der Waals surface area (Å²) in [6.45, 7) is 0. The molecule has 0 amide bonds. The molecule has 0 aliphatic carbocycles. The lowest BCUT2D eigenvalue weighted by Gasteiger charge is -2.20. The summed E-state index contributed by atoms with van der Waals surface area (Å²) in [7, 11) is 0. The first-order valence-corrected chi connectivity index (χ1v) is 21.6. The number of halogens is 15. The van der Waals surface area contributed by atoms with Gasteiger partial charge in [-0.2, -0.15) is 76.4 Å². The molecular formula is C55H25F15N4. The molecule has 0 radical (unpaired) electrons. The van der Waals surface area contributed by atoms with Gasteiger partial charge < -0.3 is 9.13 Å². The van der Waals surface area contributed by atoms with Gasteiger partial charge in [-0.05, 0) is 95.1 Å². The normalized spacial score (nSPS) is 12.8. The topological polar surface area (TPSA) is 57.4 Å². The van der Waals surface area contributed by atoms with Crippen LogP contribution in [0.15, 0.2) is 152 Å². The number of para-hydroxylation sites is 2. The van der Waals surface area contributed by atoms with E-state index in [-0.39, 0.29) is 62.4 Å². The molecular weight excluding hydrogens is 1000 g/mol. The highest BCUT2D eigenvalue weighted by Gasteiger charge is 2.40. The summed E-state index contributed by atoms with van der Waals surface area (Å²) in [5, 5.41) is 23.2. The quantitative estimate of drug-likeness (QED) is 0.161. The number of nitriles is 2. The summed E-state index contributed by atoms with van der Waals surface area (Å²) < 4.78 is 216. The first-order valence-electron chi connectivity index (χ1n) is 21.6. The van der Waals surface area contributed by atoms with E-state index in [1.54, 1.807) is 54.6 Å². The average molecular weight is 1030 g/mol. The third-order valence-corrected chi connectivity index (χ3v) is 12.7. The number of fused-ring (bicyclic) bond motifs is 6. The van der Waals surface area contributed by atoms with Gasteiger partial charge in [-0.25, -0.2) is 0 Å². The number of rotatable bonds is 5. The van der Waals surface area contributed by atoms with Gasteiger partial charge in [0.1, 0.15) is 6.07 Å². The van der Waals surface area contributed by atoms with Crippen molar-refractivity contribution in [2.45, 2.75) is 30.9 Å². The summed E-state index contributed by atoms with van der Waals surface area (Å²) >= 11 is 0. The van der Waals surface area contributed by atoms with Crippen LogP contribution >= 0.6 is 0 Å². The molecule has 2 aromatic heterocycles. The first kappa shape index (κ1) is 48.9. The van der Waals surface area contributed by atoms with E-state index < -0.39 is 75.4 Å². The first-order chi connectivity index (χ1) is 34.8. The molecule has 0 bridgehead atoms. The molecule has 19 heteroatoms. The Balaban J connectivity index is 1.31. The zero-order valence-corrected chi connectivity index (χ0v) is 36.9. The second-order valence-corrected chi connectivity index (χ2v) is 17.0. The van der Waals surface area contributed by atoms with Crippen LogP contribution in [0, 0.1) is 22.7 Å². The molecule has 2 heterocycles. The summed E-state index contributed by atoms with van der Waals surface area (Å²) in [6, 6.07) is 32.0. The fourth-order valence-electron chi connectivity index (χ4n) is 9.51. The molecule has 0 N–H and O–H groups in total. The molecule has 0 atom stereocenters. The fraction of sp³-hybridized carbons (Fsp3) is 0.0909. The van der Waals surface area contributed by atoms with Crippen LogP contribution in [0.3, 0.4) is 0 Å². The highest BCUT2D eigenvalue weighted by Crippen LogP contribution is 2.47. The van der Waals surface area contributed by atoms with Crippen LogP contribution in [-0.2, 0) is 30.9 Å². The molecule has 0 saturated heterocycles. The van der Waals surface area contributed by atoms with Crippen LogP contribution in [-0.4, -0.2) is 9.13 Å². The molecule has 10 rings (SSSR count). The van der Waals surface area contributed by atoms with Gasteiger partial charge in [-0.1, -0.05) is 78.9 Å². The van der Waals surface area contributed by atoms with Crippen molar-refractivity contribution in [3.63, 3.8) is 0 Å². The maximum absolute atomic E-state index is 14.6. The van der Waals surface area contributed by atoms with Crippen molar-refractivity contribution in [3.8, 4) is 56.9 Å². The third kappa shape index (κ3) is 8.27. The second kappa shape index (κ2) is 16.9. The van der Waals surface area contributed by atoms with Crippen molar-refractivity contribution < 1.29 is 65.9 Å². The Labute approximate surface area is 406 Å². The van der Waals surface area contributed by atoms with Gasteiger partial charge in [0, 0.05) is 32.7 Å². The van der Waals surface area contributed by atoms with E-state index in [2.05, 4.69) is 6.07 Å². The van der Waals surface area contributed by atoms with Gasteiger partial charge in [-0.3, -0.25) is 0 Å². The number of nitrogens with zero attached hydrogens (tertiary/aromatic N) is 4. The standard InChI is InChI=1S/C55H25F15N4/c56-51(57,58)32-11-16-35(30(19-32)26-71)42-25-47(73-45-7-3-1-5-38(45)40-14-9-28(20-48(40)73)36-17-12-33(52(59,60)61)23-43(36)54(65,66)67)31(27-72)22-50(42)74-46-8-4-2-6-39(46)41-15-10-29(21-49(41)74)37-18-13-34(53(62,63)64)24-44(37)55(68,69)70/h1-25H. The van der Waals surface area contributed by atoms with E-state index in [0.717, 1.165) is 6.07 Å². The van der Waals surface area contributed by atoms with E-state index in [1.807, 2.05) is 0 Å². The van der Waals surface area contributed by atoms with Gasteiger partial charge in [0.25, 0.3) is 0 Å². The molecule has 0 aliphatic heterocycles. The molecule has 10 aromatic rings. The van der Waals surface area contributed by atoms with Crippen molar-refractivity contribution >= 4 is 43.6 Å². The van der Waals surface area contributed by atoms with Gasteiger partial charge >= 0.3 is 30.9 Å². The second-order valence-electron chi connectivity index (χ2n) is 17.0. The summed E-state index contributed by atoms with van der Waals surface area (Å²) in [4.78, 5) is 0. The van der Waals surface area contributed by atoms with Crippen LogP contribution in [0.5, 0.6) is 0 Å². The lowest BCUT2D eigenvalue weighted by Crippen LogP contribution is -2.12. The molecule has 0 aliphatic rings. The number of hydrogen-bond donors (Lipinski definition) is 0. The average Bonchev–Trinajstić information content (AvgIpc) is 3.86. The van der Waals surface area contributed by atoms with Crippen molar-refractivity contribution in [1.82, 2.24) is 9.13 Å². The zero-order valence-electron chi connectivity index (χ0n) is 36.9. The Bertz CT molecular complexity index is 4040. The van der Waals surface area contributed by atoms with Gasteiger partial charge in [0.15, 0.2) is 0 Å². The summed E-state index contributed by atoms with van der Waals surface area (Å²) in [5.41, 5.74) is -9.46. The maximum Gasteiger partial charge on any atom is 0.417 e. The van der Waals surface area contributed by atoms with Crippen molar-refractivity contribution in [2.75, 3.05) is 0 Å². The number of hydrogen-bond acceptors (Lipinski definition) is 2. The van der Waals surface area contributed by atoms with E-state index in [0.29, 0.717) is 69.0 Å². The number of benzene rings is 8. The van der Waals surface area contributed by atoms with Crippen molar-refractivity contribution in [1.29, 1.82) is 10.5 Å². The minimum Gasteiger partial charge on any atom is -0.309 e. The Kier molecular flexibility index (Phi) is 11.2. The number of alkyl halides is 15. The van der Waals surface area contributed by atoms with Crippen LogP contribution in [0.1, 0.15) is 38.9 Å².